The molecule has 0 radical (unpaired) electrons. The zero-order valence-corrected chi connectivity index (χ0v) is 21.5. The van der Waals surface area contributed by atoms with E-state index in [2.05, 4.69) is 48.4 Å². The molecule has 4 aromatic rings. The van der Waals surface area contributed by atoms with Crippen molar-refractivity contribution in [2.75, 3.05) is 18.9 Å². The fourth-order valence-corrected chi connectivity index (χ4v) is 5.38. The molecule has 0 bridgehead atoms. The number of tetrazole rings is 1. The summed E-state index contributed by atoms with van der Waals surface area (Å²) in [6.45, 7) is 0.406. The molecular weight excluding hydrogens is 577 g/mol. The number of aliphatic imine (C=N–C) groups is 1. The summed E-state index contributed by atoms with van der Waals surface area (Å²) in [6.07, 6.45) is 1.75. The number of benzene rings is 3. The van der Waals surface area contributed by atoms with E-state index >= 15 is 0 Å². The number of anilines is 2. The standard InChI is InChI=1S/C25H20ClIN7O/c1-33-14-28-13-22(33)25(35,16-5-8-19(27)9-6-16)17-7-10-21-20(12-17)23(15-3-2-4-18(26)11-15)34-24(29-21)30-31-32-34/h2-12,14,23,35H,13H2,1H3,(H,29,30,32)/q+1. The number of nitrogens with one attached hydrogen (secondary N) is 1. The van der Waals surface area contributed by atoms with Crippen LogP contribution in [0, 0.1) is 3.57 Å². The van der Waals surface area contributed by atoms with Crippen LogP contribution in [0.5, 0.6) is 0 Å². The Bertz CT molecular complexity index is 1510. The van der Waals surface area contributed by atoms with E-state index in [1.807, 2.05) is 78.4 Å². The Kier molecular flexibility index (Phi) is 5.42. The summed E-state index contributed by atoms with van der Waals surface area (Å²) in [5, 5.41) is 28.6. The molecule has 2 aliphatic heterocycles. The van der Waals surface area contributed by atoms with Crippen LogP contribution in [0.4, 0.5) is 11.6 Å². The van der Waals surface area contributed by atoms with Crippen LogP contribution >= 0.6 is 34.2 Å². The normalized spacial score (nSPS) is 18.1. The van der Waals surface area contributed by atoms with Crippen molar-refractivity contribution >= 4 is 57.9 Å². The second kappa shape index (κ2) is 8.51. The van der Waals surface area contributed by atoms with E-state index in [1.165, 1.54) is 0 Å². The number of hydrogen-bond acceptors (Lipinski definition) is 6. The van der Waals surface area contributed by atoms with Gasteiger partial charge in [-0.15, -0.1) is 0 Å². The summed E-state index contributed by atoms with van der Waals surface area (Å²) < 4.78 is 4.72. The molecule has 0 amide bonds. The Hall–Kier alpha value is -3.15. The molecule has 2 atom stereocenters. The highest BCUT2D eigenvalue weighted by atomic mass is 127. The molecule has 2 unspecified atom stereocenters. The van der Waals surface area contributed by atoms with E-state index < -0.39 is 5.60 Å². The van der Waals surface area contributed by atoms with Crippen molar-refractivity contribution in [1.82, 2.24) is 20.2 Å². The molecule has 2 N–H and O–H groups in total. The first-order valence-corrected chi connectivity index (χ1v) is 12.4. The van der Waals surface area contributed by atoms with Gasteiger partial charge < -0.3 is 10.4 Å². The van der Waals surface area contributed by atoms with E-state index in [-0.39, 0.29) is 6.04 Å². The number of fused-ring (bicyclic) bond motifs is 2. The second-order valence-corrected chi connectivity index (χ2v) is 10.2. The van der Waals surface area contributed by atoms with Crippen molar-refractivity contribution in [2.45, 2.75) is 11.6 Å². The topological polar surface area (TPSA) is 91.2 Å². The van der Waals surface area contributed by atoms with E-state index in [0.717, 1.165) is 37.2 Å². The fraction of sp³-hybridized carbons (Fsp3) is 0.160. The lowest BCUT2D eigenvalue weighted by atomic mass is 9.80. The molecule has 3 aromatic carbocycles. The van der Waals surface area contributed by atoms with Gasteiger partial charge in [0.05, 0.1) is 7.05 Å². The lowest BCUT2D eigenvalue weighted by Gasteiger charge is -2.32. The SMILES string of the molecule is C[N+]1=C(C(O)(c2ccc(I)cc2)c2ccc3c(c2)C(c2cccc(Cl)c2)n2nnnc2N3)CN=C1. The van der Waals surface area contributed by atoms with Gasteiger partial charge in [-0.2, -0.15) is 4.68 Å². The van der Waals surface area contributed by atoms with Gasteiger partial charge in [-0.3, -0.25) is 0 Å². The molecule has 8 nitrogen and oxygen atoms in total. The molecule has 0 spiro atoms. The van der Waals surface area contributed by atoms with Crippen molar-refractivity contribution in [1.29, 1.82) is 0 Å². The molecule has 0 saturated carbocycles. The van der Waals surface area contributed by atoms with E-state index in [1.54, 1.807) is 11.0 Å². The molecule has 10 heteroatoms. The maximum absolute atomic E-state index is 12.4. The third kappa shape index (κ3) is 3.65. The maximum atomic E-state index is 12.4. The second-order valence-electron chi connectivity index (χ2n) is 8.56. The van der Waals surface area contributed by atoms with Crippen LogP contribution in [0.25, 0.3) is 0 Å². The Morgan fingerprint density at radius 3 is 2.66 bits per heavy atom. The van der Waals surface area contributed by atoms with Crippen LogP contribution in [-0.2, 0) is 5.60 Å². The molecule has 0 saturated heterocycles. The van der Waals surface area contributed by atoms with Crippen LogP contribution in [0.2, 0.25) is 5.02 Å². The highest BCUT2D eigenvalue weighted by Crippen LogP contribution is 2.42. The smallest absolute Gasteiger partial charge is 0.280 e. The molecule has 2 aliphatic rings. The number of aliphatic hydroxyl groups is 1. The molecule has 0 aliphatic carbocycles. The fourth-order valence-electron chi connectivity index (χ4n) is 4.82. The number of halogens is 2. The Labute approximate surface area is 220 Å². The van der Waals surface area contributed by atoms with Gasteiger partial charge in [0.2, 0.25) is 5.95 Å². The molecule has 174 valence electrons. The molecule has 0 fully saturated rings. The van der Waals surface area contributed by atoms with E-state index in [9.17, 15) is 5.11 Å². The predicted octanol–water partition coefficient (Wildman–Crippen LogP) is 3.99. The average molecular weight is 597 g/mol. The molecule has 6 rings (SSSR count). The number of aromatic nitrogens is 4. The summed E-state index contributed by atoms with van der Waals surface area (Å²) in [5.41, 5.74) is 3.64. The van der Waals surface area contributed by atoms with Crippen LogP contribution < -0.4 is 5.32 Å². The summed E-state index contributed by atoms with van der Waals surface area (Å²) in [7, 11) is 1.91. The summed E-state index contributed by atoms with van der Waals surface area (Å²) in [5.74, 6) is 0.543. The average Bonchev–Trinajstić information content (AvgIpc) is 3.51. The van der Waals surface area contributed by atoms with Crippen molar-refractivity contribution in [3.63, 3.8) is 0 Å². The van der Waals surface area contributed by atoms with Gasteiger partial charge in [0.1, 0.15) is 6.04 Å². The van der Waals surface area contributed by atoms with Gasteiger partial charge >= 0.3 is 0 Å². The van der Waals surface area contributed by atoms with Crippen molar-refractivity contribution in [2.24, 2.45) is 4.99 Å². The van der Waals surface area contributed by atoms with Gasteiger partial charge in [-0.25, -0.2) is 4.58 Å². The lowest BCUT2D eigenvalue weighted by Crippen LogP contribution is -2.42. The molecular formula is C25H20ClIN7O+. The third-order valence-corrected chi connectivity index (χ3v) is 7.47. The highest BCUT2D eigenvalue weighted by molar-refractivity contribution is 14.1. The van der Waals surface area contributed by atoms with Gasteiger partial charge in [-0.05, 0) is 86.1 Å². The maximum Gasteiger partial charge on any atom is 0.280 e. The monoisotopic (exact) mass is 596 g/mol. The third-order valence-electron chi connectivity index (χ3n) is 6.51. The van der Waals surface area contributed by atoms with Crippen LogP contribution in [0.3, 0.4) is 0 Å². The number of rotatable bonds is 4. The minimum Gasteiger partial charge on any atom is -0.373 e. The first kappa shape index (κ1) is 22.3. The van der Waals surface area contributed by atoms with Gasteiger partial charge in [-0.1, -0.05) is 52.0 Å². The largest absolute Gasteiger partial charge is 0.373 e. The highest BCUT2D eigenvalue weighted by Gasteiger charge is 2.44. The minimum absolute atomic E-state index is 0.321. The Balaban J connectivity index is 1.57. The quantitative estimate of drug-likeness (QED) is 0.242. The van der Waals surface area contributed by atoms with Crippen molar-refractivity contribution in [3.8, 4) is 0 Å². The number of nitrogens with zero attached hydrogens (tertiary/aromatic N) is 6. The van der Waals surface area contributed by atoms with E-state index in [0.29, 0.717) is 17.5 Å². The van der Waals surface area contributed by atoms with Crippen LogP contribution in [0.15, 0.2) is 71.7 Å². The lowest BCUT2D eigenvalue weighted by molar-refractivity contribution is -0.363. The van der Waals surface area contributed by atoms with Gasteiger partial charge in [0.25, 0.3) is 6.34 Å². The Morgan fingerprint density at radius 2 is 1.91 bits per heavy atom. The first-order valence-electron chi connectivity index (χ1n) is 11.0. The van der Waals surface area contributed by atoms with Gasteiger partial charge in [0, 0.05) is 19.8 Å². The van der Waals surface area contributed by atoms with Crippen molar-refractivity contribution in [3.05, 3.63) is 97.6 Å². The van der Waals surface area contributed by atoms with Crippen molar-refractivity contribution < 1.29 is 9.68 Å². The Morgan fingerprint density at radius 1 is 1.11 bits per heavy atom. The summed E-state index contributed by atoms with van der Waals surface area (Å²) in [4.78, 5) is 4.41. The first-order chi connectivity index (χ1) is 16.9. The zero-order valence-electron chi connectivity index (χ0n) is 18.6. The molecule has 1 aromatic heterocycles. The summed E-state index contributed by atoms with van der Waals surface area (Å²) >= 11 is 8.62. The summed E-state index contributed by atoms with van der Waals surface area (Å²) in [6, 6.07) is 21.2. The minimum atomic E-state index is -1.38. The number of hydrogen-bond donors (Lipinski definition) is 2. The zero-order chi connectivity index (χ0) is 24.2. The van der Waals surface area contributed by atoms with E-state index in [4.69, 9.17) is 11.6 Å². The van der Waals surface area contributed by atoms with Crippen LogP contribution in [0.1, 0.15) is 28.3 Å². The molecule has 3 heterocycles. The predicted molar refractivity (Wildman–Crippen MR) is 143 cm³/mol. The van der Waals surface area contributed by atoms with Gasteiger partial charge in [0.15, 0.2) is 17.9 Å². The van der Waals surface area contributed by atoms with Crippen LogP contribution in [-0.4, -0.2) is 55.5 Å². The molecule has 35 heavy (non-hydrogen) atoms.